The Balaban J connectivity index is 1.49. The number of fused-ring (bicyclic) bond motifs is 1. The Kier molecular flexibility index (Phi) is 6.15. The summed E-state index contributed by atoms with van der Waals surface area (Å²) in [5, 5.41) is 3.06. The number of benzene rings is 2. The first-order valence-electron chi connectivity index (χ1n) is 12.4. The van der Waals surface area contributed by atoms with Crippen molar-refractivity contribution in [1.82, 2.24) is 9.13 Å². The van der Waals surface area contributed by atoms with Gasteiger partial charge in [-0.15, -0.1) is 0 Å². The number of amides is 2. The van der Waals surface area contributed by atoms with Gasteiger partial charge < -0.3 is 24.3 Å². The molecule has 2 fully saturated rings. The Hall–Kier alpha value is -3.88. The van der Waals surface area contributed by atoms with Gasteiger partial charge >= 0.3 is 11.1 Å². The Morgan fingerprint density at radius 1 is 0.889 bits per heavy atom. The van der Waals surface area contributed by atoms with E-state index in [2.05, 4.69) is 10.2 Å². The molecule has 1 unspecified atom stereocenters. The van der Waals surface area contributed by atoms with E-state index in [1.165, 1.54) is 9.13 Å². The van der Waals surface area contributed by atoms with Crippen LogP contribution in [0.15, 0.2) is 46.0 Å². The van der Waals surface area contributed by atoms with E-state index in [-0.39, 0.29) is 18.2 Å². The van der Waals surface area contributed by atoms with E-state index in [9.17, 15) is 19.2 Å². The lowest BCUT2D eigenvalue weighted by atomic mass is 10.1. The molecule has 2 amide bonds. The third-order valence-electron chi connectivity index (χ3n) is 7.40. The molecule has 0 radical (unpaired) electrons. The summed E-state index contributed by atoms with van der Waals surface area (Å²) in [6.45, 7) is 3.99. The highest BCUT2D eigenvalue weighted by Crippen LogP contribution is 2.34. The van der Waals surface area contributed by atoms with Crippen molar-refractivity contribution in [3.63, 3.8) is 0 Å². The molecule has 9 nitrogen and oxygen atoms in total. The van der Waals surface area contributed by atoms with Crippen LogP contribution in [0.5, 0.6) is 0 Å². The van der Waals surface area contributed by atoms with Gasteiger partial charge in [0.2, 0.25) is 11.8 Å². The summed E-state index contributed by atoms with van der Waals surface area (Å²) in [5.74, 6) is -0.802. The van der Waals surface area contributed by atoms with Crippen molar-refractivity contribution in [2.45, 2.75) is 32.6 Å². The number of piperidine rings is 1. The van der Waals surface area contributed by atoms with Gasteiger partial charge in [0, 0.05) is 45.8 Å². The number of carbonyl (C=O) groups is 2. The summed E-state index contributed by atoms with van der Waals surface area (Å²) in [5.41, 5.74) is 3.28. The van der Waals surface area contributed by atoms with Crippen LogP contribution in [0.3, 0.4) is 0 Å². The lowest BCUT2D eigenvalue weighted by molar-refractivity contribution is -0.122. The summed E-state index contributed by atoms with van der Waals surface area (Å²) in [6.07, 6.45) is 3.37. The summed E-state index contributed by atoms with van der Waals surface area (Å²) in [4.78, 5) is 54.9. The first-order chi connectivity index (χ1) is 17.2. The van der Waals surface area contributed by atoms with Gasteiger partial charge in [-0.1, -0.05) is 17.7 Å². The molecule has 2 aliphatic heterocycles. The quantitative estimate of drug-likeness (QED) is 0.568. The van der Waals surface area contributed by atoms with Crippen LogP contribution in [0.2, 0.25) is 0 Å². The van der Waals surface area contributed by atoms with E-state index in [1.807, 2.05) is 37.3 Å². The molecule has 36 heavy (non-hydrogen) atoms. The van der Waals surface area contributed by atoms with Gasteiger partial charge in [0.1, 0.15) is 0 Å². The van der Waals surface area contributed by atoms with Gasteiger partial charge in [-0.3, -0.25) is 19.2 Å². The maximum Gasteiger partial charge on any atom is 0.316 e. The maximum atomic E-state index is 13.4. The SMILES string of the molecule is Cc1ccc(N2CC(C(=O)Nc3cc4c(cc3N3CCCCC3)n(C)c(=O)c(=O)n4C)CC2=O)cc1. The second-order valence-electron chi connectivity index (χ2n) is 9.86. The van der Waals surface area contributed by atoms with Crippen LogP contribution < -0.4 is 26.2 Å². The molecular weight excluding hydrogens is 458 g/mol. The molecule has 3 aromatic rings. The lowest BCUT2D eigenvalue weighted by Crippen LogP contribution is -2.39. The van der Waals surface area contributed by atoms with Crippen LogP contribution in [0.25, 0.3) is 11.0 Å². The van der Waals surface area contributed by atoms with Crippen molar-refractivity contribution in [2.24, 2.45) is 20.0 Å². The Morgan fingerprint density at radius 2 is 1.50 bits per heavy atom. The first-order valence-corrected chi connectivity index (χ1v) is 12.4. The van der Waals surface area contributed by atoms with Crippen molar-refractivity contribution in [3.8, 4) is 0 Å². The van der Waals surface area contributed by atoms with Gasteiger partial charge in [-0.2, -0.15) is 0 Å². The van der Waals surface area contributed by atoms with Gasteiger partial charge in [0.25, 0.3) is 0 Å². The molecule has 2 saturated heterocycles. The topological polar surface area (TPSA) is 96.7 Å². The molecule has 1 atom stereocenters. The van der Waals surface area contributed by atoms with Gasteiger partial charge in [0.15, 0.2) is 0 Å². The number of nitrogens with one attached hydrogen (secondary N) is 1. The van der Waals surface area contributed by atoms with Crippen molar-refractivity contribution in [1.29, 1.82) is 0 Å². The highest BCUT2D eigenvalue weighted by Gasteiger charge is 2.35. The molecule has 0 aliphatic carbocycles. The number of rotatable bonds is 4. The van der Waals surface area contributed by atoms with Gasteiger partial charge in [0.05, 0.1) is 28.3 Å². The number of anilines is 3. The number of hydrogen-bond donors (Lipinski definition) is 1. The highest BCUT2D eigenvalue weighted by molar-refractivity contribution is 6.05. The van der Waals surface area contributed by atoms with E-state index < -0.39 is 17.0 Å². The van der Waals surface area contributed by atoms with Crippen molar-refractivity contribution in [2.75, 3.05) is 34.8 Å². The summed E-state index contributed by atoms with van der Waals surface area (Å²) < 4.78 is 2.69. The Bertz CT molecular complexity index is 1460. The monoisotopic (exact) mass is 489 g/mol. The minimum Gasteiger partial charge on any atom is -0.370 e. The van der Waals surface area contributed by atoms with Crippen LogP contribution in [-0.4, -0.2) is 40.6 Å². The third-order valence-corrected chi connectivity index (χ3v) is 7.40. The maximum absolute atomic E-state index is 13.4. The van der Waals surface area contributed by atoms with E-state index in [1.54, 1.807) is 25.1 Å². The molecule has 2 aromatic carbocycles. The summed E-state index contributed by atoms with van der Waals surface area (Å²) in [6, 6.07) is 11.4. The van der Waals surface area contributed by atoms with E-state index in [0.29, 0.717) is 23.3 Å². The van der Waals surface area contributed by atoms with Crippen molar-refractivity contribution >= 4 is 39.9 Å². The van der Waals surface area contributed by atoms with Gasteiger partial charge in [-0.05, 0) is 50.5 Å². The van der Waals surface area contributed by atoms with Crippen molar-refractivity contribution in [3.05, 3.63) is 62.7 Å². The molecule has 0 bridgehead atoms. The molecule has 0 spiro atoms. The standard InChI is InChI=1S/C27H31N5O4/c1-17-7-9-19(10-8-17)32-16-18(13-24(32)33)25(34)28-20-14-22-23(30(3)27(36)26(35)29(22)2)15-21(20)31-11-5-4-6-12-31/h7-10,14-15,18H,4-6,11-13,16H2,1-3H3,(H,28,34). The normalized spacial score (nSPS) is 18.2. The molecule has 5 rings (SSSR count). The minimum absolute atomic E-state index is 0.0776. The molecular formula is C27H31N5O4. The Labute approximate surface area is 208 Å². The van der Waals surface area contributed by atoms with E-state index in [4.69, 9.17) is 0 Å². The summed E-state index contributed by atoms with van der Waals surface area (Å²) in [7, 11) is 3.15. The average molecular weight is 490 g/mol. The molecule has 188 valence electrons. The number of nitrogens with zero attached hydrogens (tertiary/aromatic N) is 4. The largest absolute Gasteiger partial charge is 0.370 e. The molecule has 3 heterocycles. The highest BCUT2D eigenvalue weighted by atomic mass is 16.2. The lowest BCUT2D eigenvalue weighted by Gasteiger charge is -2.31. The van der Waals surface area contributed by atoms with E-state index in [0.717, 1.165) is 49.3 Å². The van der Waals surface area contributed by atoms with Crippen LogP contribution in [0, 0.1) is 12.8 Å². The smallest absolute Gasteiger partial charge is 0.316 e. The van der Waals surface area contributed by atoms with Crippen LogP contribution in [0.4, 0.5) is 17.1 Å². The van der Waals surface area contributed by atoms with E-state index >= 15 is 0 Å². The fourth-order valence-electron chi connectivity index (χ4n) is 5.20. The zero-order chi connectivity index (χ0) is 25.6. The van der Waals surface area contributed by atoms with Crippen LogP contribution in [0.1, 0.15) is 31.2 Å². The van der Waals surface area contributed by atoms with Crippen LogP contribution in [-0.2, 0) is 23.7 Å². The molecule has 0 saturated carbocycles. The zero-order valence-electron chi connectivity index (χ0n) is 20.9. The Morgan fingerprint density at radius 3 is 2.14 bits per heavy atom. The number of aromatic nitrogens is 2. The fraction of sp³-hybridized carbons (Fsp3) is 0.407. The number of aryl methyl sites for hydroxylation is 3. The number of hydrogen-bond acceptors (Lipinski definition) is 5. The molecule has 1 aromatic heterocycles. The zero-order valence-corrected chi connectivity index (χ0v) is 20.9. The summed E-state index contributed by atoms with van der Waals surface area (Å²) >= 11 is 0. The second kappa shape index (κ2) is 9.29. The van der Waals surface area contributed by atoms with Gasteiger partial charge in [-0.25, -0.2) is 0 Å². The van der Waals surface area contributed by atoms with Crippen molar-refractivity contribution < 1.29 is 9.59 Å². The van der Waals surface area contributed by atoms with Crippen LogP contribution >= 0.6 is 0 Å². The predicted molar refractivity (Wildman–Crippen MR) is 141 cm³/mol. The predicted octanol–water partition coefficient (Wildman–Crippen LogP) is 2.53. The molecule has 1 N–H and O–H groups in total. The average Bonchev–Trinajstić information content (AvgIpc) is 3.28. The third kappa shape index (κ3) is 4.19. The molecule has 9 heteroatoms. The fourth-order valence-corrected chi connectivity index (χ4v) is 5.20. The minimum atomic E-state index is -0.622. The molecule has 2 aliphatic rings. The number of carbonyl (C=O) groups excluding carboxylic acids is 2. The first kappa shape index (κ1) is 23.8. The second-order valence-corrected chi connectivity index (χ2v) is 9.86.